The number of hydrogen-bond acceptors (Lipinski definition) is 7. The summed E-state index contributed by atoms with van der Waals surface area (Å²) in [6.45, 7) is 9.81. The van der Waals surface area contributed by atoms with Gasteiger partial charge in [0.25, 0.3) is 0 Å². The SMILES string of the molecule is CCCCOC(OCCCC)C1CCN(c2ccc(C3CCCN(c4ccc(Cl)c5c(NC)c[nH]c45)C3)nn2)CC1. The molecule has 0 radical (unpaired) electrons. The first-order valence-electron chi connectivity index (χ1n) is 15.7. The fourth-order valence-electron chi connectivity index (χ4n) is 6.22. The van der Waals surface area contributed by atoms with Crippen LogP contribution in [0.25, 0.3) is 10.9 Å². The molecule has 8 nitrogen and oxygen atoms in total. The van der Waals surface area contributed by atoms with Crippen LogP contribution in [0.3, 0.4) is 0 Å². The minimum atomic E-state index is -0.0874. The molecule has 5 rings (SSSR count). The van der Waals surface area contributed by atoms with E-state index in [1.165, 1.54) is 5.69 Å². The van der Waals surface area contributed by atoms with Crippen molar-refractivity contribution >= 4 is 39.7 Å². The predicted molar refractivity (Wildman–Crippen MR) is 170 cm³/mol. The number of aromatic nitrogens is 3. The molecule has 9 heteroatoms. The minimum Gasteiger partial charge on any atom is -0.386 e. The molecule has 0 spiro atoms. The molecule has 41 heavy (non-hydrogen) atoms. The molecule has 2 aliphatic rings. The van der Waals surface area contributed by atoms with Gasteiger partial charge in [-0.15, -0.1) is 5.10 Å². The first kappa shape index (κ1) is 29.9. The number of aromatic amines is 1. The summed E-state index contributed by atoms with van der Waals surface area (Å²) >= 11 is 6.56. The van der Waals surface area contributed by atoms with Crippen LogP contribution in [0, 0.1) is 5.92 Å². The number of nitrogens with zero attached hydrogens (tertiary/aromatic N) is 4. The molecule has 2 fully saturated rings. The third-order valence-corrected chi connectivity index (χ3v) is 9.01. The van der Waals surface area contributed by atoms with E-state index in [1.807, 2.05) is 19.3 Å². The summed E-state index contributed by atoms with van der Waals surface area (Å²) in [7, 11) is 1.93. The van der Waals surface area contributed by atoms with Crippen molar-refractivity contribution in [2.75, 3.05) is 61.6 Å². The molecule has 1 atom stereocenters. The monoisotopic (exact) mass is 582 g/mol. The average Bonchev–Trinajstić information content (AvgIpc) is 3.46. The van der Waals surface area contributed by atoms with Gasteiger partial charge in [0.05, 0.1) is 27.6 Å². The lowest BCUT2D eigenvalue weighted by Crippen LogP contribution is -2.40. The first-order valence-corrected chi connectivity index (χ1v) is 16.0. The van der Waals surface area contributed by atoms with Crippen LogP contribution in [0.15, 0.2) is 30.5 Å². The Morgan fingerprint density at radius 1 is 0.976 bits per heavy atom. The number of anilines is 3. The number of fused-ring (bicyclic) bond motifs is 1. The van der Waals surface area contributed by atoms with E-state index in [0.717, 1.165) is 124 Å². The number of rotatable bonds is 13. The smallest absolute Gasteiger partial charge is 0.160 e. The van der Waals surface area contributed by atoms with E-state index in [1.54, 1.807) is 0 Å². The number of hydrogen-bond donors (Lipinski definition) is 2. The zero-order chi connectivity index (χ0) is 28.6. The maximum atomic E-state index is 6.56. The number of piperidine rings is 2. The molecule has 3 aromatic rings. The zero-order valence-corrected chi connectivity index (χ0v) is 25.8. The molecule has 0 aliphatic carbocycles. The minimum absolute atomic E-state index is 0.0874. The lowest BCUT2D eigenvalue weighted by Gasteiger charge is -2.36. The van der Waals surface area contributed by atoms with E-state index >= 15 is 0 Å². The third-order valence-electron chi connectivity index (χ3n) is 8.69. The number of halogens is 1. The fourth-order valence-corrected chi connectivity index (χ4v) is 6.48. The molecule has 0 bridgehead atoms. The van der Waals surface area contributed by atoms with Gasteiger partial charge in [-0.25, -0.2) is 0 Å². The van der Waals surface area contributed by atoms with Crippen molar-refractivity contribution in [1.82, 2.24) is 15.2 Å². The second-order valence-electron chi connectivity index (χ2n) is 11.5. The number of nitrogens with one attached hydrogen (secondary N) is 2. The average molecular weight is 583 g/mol. The van der Waals surface area contributed by atoms with Crippen LogP contribution in [-0.4, -0.2) is 67.9 Å². The van der Waals surface area contributed by atoms with Crippen molar-refractivity contribution in [2.24, 2.45) is 5.92 Å². The highest BCUT2D eigenvalue weighted by Gasteiger charge is 2.29. The maximum Gasteiger partial charge on any atom is 0.160 e. The molecular formula is C32H47ClN6O2. The Bertz CT molecular complexity index is 1220. The molecule has 1 unspecified atom stereocenters. The van der Waals surface area contributed by atoms with Gasteiger partial charge in [-0.1, -0.05) is 38.3 Å². The van der Waals surface area contributed by atoms with Crippen LogP contribution in [0.1, 0.15) is 76.8 Å². The fraction of sp³-hybridized carbons (Fsp3) is 0.625. The Morgan fingerprint density at radius 2 is 1.73 bits per heavy atom. The van der Waals surface area contributed by atoms with Crippen molar-refractivity contribution < 1.29 is 9.47 Å². The Hall–Kier alpha value is -2.55. The topological polar surface area (TPSA) is 78.5 Å². The molecule has 2 aromatic heterocycles. The Kier molecular flexibility index (Phi) is 10.6. The van der Waals surface area contributed by atoms with Crippen molar-refractivity contribution in [3.8, 4) is 0 Å². The van der Waals surface area contributed by atoms with Gasteiger partial charge in [-0.2, -0.15) is 5.10 Å². The van der Waals surface area contributed by atoms with E-state index in [4.69, 9.17) is 31.3 Å². The summed E-state index contributed by atoms with van der Waals surface area (Å²) < 4.78 is 12.4. The van der Waals surface area contributed by atoms with E-state index in [0.29, 0.717) is 11.8 Å². The highest BCUT2D eigenvalue weighted by Crippen LogP contribution is 2.39. The molecule has 1 aromatic carbocycles. The standard InChI is InChI=1S/C32H47ClN6O2/c1-4-6-19-40-32(41-20-7-5-2)23-14-17-38(18-15-23)29-13-11-26(36-37-29)24-9-8-16-39(22-24)28-12-10-25(33)30-27(34-3)21-35-31(28)30/h10-13,21,23-24,32,34-35H,4-9,14-20,22H2,1-3H3. The van der Waals surface area contributed by atoms with Crippen LogP contribution in [0.5, 0.6) is 0 Å². The van der Waals surface area contributed by atoms with Crippen LogP contribution in [0.4, 0.5) is 17.2 Å². The third kappa shape index (κ3) is 7.09. The molecule has 0 saturated carbocycles. The van der Waals surface area contributed by atoms with Crippen LogP contribution in [0.2, 0.25) is 5.02 Å². The van der Waals surface area contributed by atoms with E-state index in [9.17, 15) is 0 Å². The van der Waals surface area contributed by atoms with E-state index in [-0.39, 0.29) is 6.29 Å². The van der Waals surface area contributed by atoms with Crippen molar-refractivity contribution in [1.29, 1.82) is 0 Å². The second kappa shape index (κ2) is 14.6. The van der Waals surface area contributed by atoms with Crippen molar-refractivity contribution in [2.45, 2.75) is 77.4 Å². The Labute approximate surface area is 250 Å². The first-order chi connectivity index (χ1) is 20.1. The van der Waals surface area contributed by atoms with Gasteiger partial charge in [0.2, 0.25) is 0 Å². The van der Waals surface area contributed by atoms with Gasteiger partial charge in [0.1, 0.15) is 0 Å². The summed E-state index contributed by atoms with van der Waals surface area (Å²) in [4.78, 5) is 8.27. The molecule has 0 amide bonds. The van der Waals surface area contributed by atoms with Crippen LogP contribution >= 0.6 is 11.6 Å². The molecule has 2 aliphatic heterocycles. The molecule has 224 valence electrons. The van der Waals surface area contributed by atoms with E-state index in [2.05, 4.69) is 52.1 Å². The summed E-state index contributed by atoms with van der Waals surface area (Å²) in [6, 6.07) is 8.50. The summed E-state index contributed by atoms with van der Waals surface area (Å²) in [5, 5.41) is 14.5. The molecular weight excluding hydrogens is 536 g/mol. The highest BCUT2D eigenvalue weighted by molar-refractivity contribution is 6.37. The largest absolute Gasteiger partial charge is 0.386 e. The number of benzene rings is 1. The molecule has 2 N–H and O–H groups in total. The number of H-pyrrole nitrogens is 1. The Morgan fingerprint density at radius 3 is 2.39 bits per heavy atom. The van der Waals surface area contributed by atoms with Gasteiger partial charge in [0.15, 0.2) is 12.1 Å². The number of ether oxygens (including phenoxy) is 2. The lowest BCUT2D eigenvalue weighted by atomic mass is 9.93. The van der Waals surface area contributed by atoms with E-state index < -0.39 is 0 Å². The lowest BCUT2D eigenvalue weighted by molar-refractivity contribution is -0.177. The Balaban J connectivity index is 1.19. The predicted octanol–water partition coefficient (Wildman–Crippen LogP) is 7.21. The van der Waals surface area contributed by atoms with Gasteiger partial charge < -0.3 is 29.6 Å². The van der Waals surface area contributed by atoms with Gasteiger partial charge >= 0.3 is 0 Å². The van der Waals surface area contributed by atoms with Gasteiger partial charge in [-0.3, -0.25) is 0 Å². The number of unbranched alkanes of at least 4 members (excludes halogenated alkanes) is 2. The maximum absolute atomic E-state index is 6.56. The normalized spacial score (nSPS) is 18.5. The van der Waals surface area contributed by atoms with Gasteiger partial charge in [-0.05, 0) is 62.8 Å². The van der Waals surface area contributed by atoms with Crippen LogP contribution in [-0.2, 0) is 9.47 Å². The van der Waals surface area contributed by atoms with Crippen LogP contribution < -0.4 is 15.1 Å². The summed E-state index contributed by atoms with van der Waals surface area (Å²) in [5.74, 6) is 1.76. The van der Waals surface area contributed by atoms with Crippen molar-refractivity contribution in [3.63, 3.8) is 0 Å². The highest BCUT2D eigenvalue weighted by atomic mass is 35.5. The molecule has 2 saturated heterocycles. The van der Waals surface area contributed by atoms with Crippen molar-refractivity contribution in [3.05, 3.63) is 41.2 Å². The molecule has 4 heterocycles. The quantitative estimate of drug-likeness (QED) is 0.163. The summed E-state index contributed by atoms with van der Waals surface area (Å²) in [5.41, 5.74) is 4.38. The second-order valence-corrected chi connectivity index (χ2v) is 11.9. The summed E-state index contributed by atoms with van der Waals surface area (Å²) in [6.07, 6.45) is 10.7. The van der Waals surface area contributed by atoms with Gasteiger partial charge in [0, 0.05) is 69.9 Å². The zero-order valence-electron chi connectivity index (χ0n) is 25.0.